The Hall–Kier alpha value is -0.810. The SMILES string of the molecule is Fc1ccc2c(c1)CCC2Nc1ccc(I)cc1Cl. The van der Waals surface area contributed by atoms with Crippen LogP contribution in [0.2, 0.25) is 5.02 Å². The van der Waals surface area contributed by atoms with Crippen molar-refractivity contribution in [2.24, 2.45) is 0 Å². The average Bonchev–Trinajstić information content (AvgIpc) is 2.75. The molecule has 0 saturated carbocycles. The van der Waals surface area contributed by atoms with Gasteiger partial charge in [-0.25, -0.2) is 4.39 Å². The van der Waals surface area contributed by atoms with Crippen LogP contribution >= 0.6 is 34.2 Å². The van der Waals surface area contributed by atoms with E-state index in [1.165, 1.54) is 11.6 Å². The fourth-order valence-corrected chi connectivity index (χ4v) is 3.44. The molecular weight excluding hydrogens is 376 g/mol. The van der Waals surface area contributed by atoms with Gasteiger partial charge in [-0.3, -0.25) is 0 Å². The Morgan fingerprint density at radius 3 is 2.84 bits per heavy atom. The first-order valence-corrected chi connectivity index (χ1v) is 7.59. The number of rotatable bonds is 2. The maximum atomic E-state index is 13.2. The smallest absolute Gasteiger partial charge is 0.123 e. The van der Waals surface area contributed by atoms with E-state index in [9.17, 15) is 4.39 Å². The predicted molar refractivity (Wildman–Crippen MR) is 85.3 cm³/mol. The van der Waals surface area contributed by atoms with E-state index in [0.29, 0.717) is 0 Å². The molecule has 1 aliphatic carbocycles. The summed E-state index contributed by atoms with van der Waals surface area (Å²) in [6, 6.07) is 11.2. The van der Waals surface area contributed by atoms with Crippen LogP contribution in [0.25, 0.3) is 0 Å². The zero-order valence-electron chi connectivity index (χ0n) is 10.1. The molecule has 1 N–H and O–H groups in total. The molecule has 0 aliphatic heterocycles. The molecule has 1 aliphatic rings. The molecule has 0 amide bonds. The lowest BCUT2D eigenvalue weighted by atomic mass is 10.1. The molecule has 1 nitrogen and oxygen atoms in total. The highest BCUT2D eigenvalue weighted by Crippen LogP contribution is 2.36. The summed E-state index contributed by atoms with van der Waals surface area (Å²) in [5.74, 6) is -0.160. The Morgan fingerprint density at radius 2 is 2.05 bits per heavy atom. The van der Waals surface area contributed by atoms with Crippen molar-refractivity contribution in [3.05, 3.63) is 61.9 Å². The molecule has 3 rings (SSSR count). The Balaban J connectivity index is 1.86. The molecule has 98 valence electrons. The highest BCUT2D eigenvalue weighted by Gasteiger charge is 2.23. The zero-order valence-corrected chi connectivity index (χ0v) is 13.0. The summed E-state index contributed by atoms with van der Waals surface area (Å²) in [7, 11) is 0. The molecule has 0 aromatic heterocycles. The Morgan fingerprint density at radius 1 is 1.21 bits per heavy atom. The molecule has 2 aromatic rings. The number of fused-ring (bicyclic) bond motifs is 1. The van der Waals surface area contributed by atoms with Gasteiger partial charge in [0.15, 0.2) is 0 Å². The van der Waals surface area contributed by atoms with Gasteiger partial charge in [0.1, 0.15) is 5.82 Å². The van der Waals surface area contributed by atoms with E-state index in [2.05, 4.69) is 27.9 Å². The molecule has 0 radical (unpaired) electrons. The van der Waals surface area contributed by atoms with Crippen LogP contribution in [0.15, 0.2) is 36.4 Å². The summed E-state index contributed by atoms with van der Waals surface area (Å²) in [5, 5.41) is 4.18. The molecule has 0 fully saturated rings. The normalized spacial score (nSPS) is 17.3. The Bertz CT molecular complexity index is 630. The minimum absolute atomic E-state index is 0.160. The third kappa shape index (κ3) is 2.72. The topological polar surface area (TPSA) is 12.0 Å². The van der Waals surface area contributed by atoms with Crippen LogP contribution in [0.4, 0.5) is 10.1 Å². The highest BCUT2D eigenvalue weighted by atomic mass is 127. The summed E-state index contributed by atoms with van der Waals surface area (Å²) in [6.45, 7) is 0. The fourth-order valence-electron chi connectivity index (χ4n) is 2.53. The van der Waals surface area contributed by atoms with Crippen molar-refractivity contribution in [1.29, 1.82) is 0 Å². The van der Waals surface area contributed by atoms with Crippen LogP contribution in [0.5, 0.6) is 0 Å². The van der Waals surface area contributed by atoms with E-state index in [0.717, 1.165) is 32.7 Å². The first-order chi connectivity index (χ1) is 9.13. The van der Waals surface area contributed by atoms with Gasteiger partial charge in [0.25, 0.3) is 0 Å². The second-order valence-electron chi connectivity index (χ2n) is 4.70. The van der Waals surface area contributed by atoms with Gasteiger partial charge >= 0.3 is 0 Å². The van der Waals surface area contributed by atoms with Crippen LogP contribution in [-0.2, 0) is 6.42 Å². The maximum Gasteiger partial charge on any atom is 0.123 e. The standard InChI is InChI=1S/C15H12ClFIN/c16-13-8-11(18)3-6-15(13)19-14-5-1-9-7-10(17)2-4-12(9)14/h2-4,6-8,14,19H,1,5H2. The highest BCUT2D eigenvalue weighted by molar-refractivity contribution is 14.1. The molecule has 0 saturated heterocycles. The van der Waals surface area contributed by atoms with E-state index in [4.69, 9.17) is 11.6 Å². The Kier molecular flexibility index (Phi) is 3.67. The minimum atomic E-state index is -0.160. The van der Waals surface area contributed by atoms with Crippen molar-refractivity contribution in [1.82, 2.24) is 0 Å². The molecule has 0 bridgehead atoms. The lowest BCUT2D eigenvalue weighted by Crippen LogP contribution is -2.07. The van der Waals surface area contributed by atoms with E-state index >= 15 is 0 Å². The van der Waals surface area contributed by atoms with Gasteiger partial charge in [-0.2, -0.15) is 0 Å². The predicted octanol–water partition coefficient (Wildman–Crippen LogP) is 5.18. The van der Waals surface area contributed by atoms with Crippen LogP contribution < -0.4 is 5.32 Å². The third-order valence-corrected chi connectivity index (χ3v) is 4.43. The maximum absolute atomic E-state index is 13.2. The van der Waals surface area contributed by atoms with Crippen LogP contribution in [0, 0.1) is 9.39 Å². The quantitative estimate of drug-likeness (QED) is 0.700. The lowest BCUT2D eigenvalue weighted by Gasteiger charge is -2.16. The monoisotopic (exact) mass is 387 g/mol. The van der Waals surface area contributed by atoms with E-state index in [1.807, 2.05) is 24.3 Å². The second kappa shape index (κ2) is 5.29. The number of hydrogen-bond acceptors (Lipinski definition) is 1. The number of halogens is 3. The number of anilines is 1. The van der Waals surface area contributed by atoms with Gasteiger partial charge in [0.05, 0.1) is 16.8 Å². The summed E-state index contributed by atoms with van der Waals surface area (Å²) in [4.78, 5) is 0. The molecular formula is C15H12ClFIN. The molecule has 0 heterocycles. The van der Waals surface area contributed by atoms with E-state index in [1.54, 1.807) is 6.07 Å². The van der Waals surface area contributed by atoms with Crippen LogP contribution in [0.3, 0.4) is 0 Å². The van der Waals surface area contributed by atoms with Gasteiger partial charge in [-0.05, 0) is 76.9 Å². The van der Waals surface area contributed by atoms with E-state index < -0.39 is 0 Å². The van der Waals surface area contributed by atoms with Gasteiger partial charge in [-0.1, -0.05) is 17.7 Å². The molecule has 1 unspecified atom stereocenters. The third-order valence-electron chi connectivity index (χ3n) is 3.44. The molecule has 0 spiro atoms. The largest absolute Gasteiger partial charge is 0.377 e. The number of nitrogens with one attached hydrogen (secondary N) is 1. The molecule has 4 heteroatoms. The number of aryl methyl sites for hydroxylation is 1. The van der Waals surface area contributed by atoms with Crippen molar-refractivity contribution in [2.45, 2.75) is 18.9 Å². The number of hydrogen-bond donors (Lipinski definition) is 1. The zero-order chi connectivity index (χ0) is 13.4. The summed E-state index contributed by atoms with van der Waals surface area (Å²) < 4.78 is 14.3. The minimum Gasteiger partial charge on any atom is -0.377 e. The first-order valence-electron chi connectivity index (χ1n) is 6.13. The van der Waals surface area contributed by atoms with Gasteiger partial charge < -0.3 is 5.32 Å². The summed E-state index contributed by atoms with van der Waals surface area (Å²) in [5.41, 5.74) is 3.21. The lowest BCUT2D eigenvalue weighted by molar-refractivity contribution is 0.626. The van der Waals surface area contributed by atoms with Gasteiger partial charge in [-0.15, -0.1) is 0 Å². The molecule has 19 heavy (non-hydrogen) atoms. The average molecular weight is 388 g/mol. The second-order valence-corrected chi connectivity index (χ2v) is 6.36. The van der Waals surface area contributed by atoms with Gasteiger partial charge in [0, 0.05) is 3.57 Å². The molecule has 2 aromatic carbocycles. The fraction of sp³-hybridized carbons (Fsp3) is 0.200. The van der Waals surface area contributed by atoms with Crippen molar-refractivity contribution in [3.8, 4) is 0 Å². The van der Waals surface area contributed by atoms with Crippen molar-refractivity contribution < 1.29 is 4.39 Å². The van der Waals surface area contributed by atoms with Crippen molar-refractivity contribution >= 4 is 39.9 Å². The summed E-state index contributed by atoms with van der Waals surface area (Å²) in [6.07, 6.45) is 1.88. The van der Waals surface area contributed by atoms with E-state index in [-0.39, 0.29) is 11.9 Å². The van der Waals surface area contributed by atoms with Crippen LogP contribution in [-0.4, -0.2) is 0 Å². The Labute approximate surface area is 130 Å². The number of benzene rings is 2. The van der Waals surface area contributed by atoms with Crippen LogP contribution in [0.1, 0.15) is 23.6 Å². The van der Waals surface area contributed by atoms with Crippen molar-refractivity contribution in [3.63, 3.8) is 0 Å². The van der Waals surface area contributed by atoms with Gasteiger partial charge in [0.2, 0.25) is 0 Å². The molecule has 1 atom stereocenters. The summed E-state index contributed by atoms with van der Waals surface area (Å²) >= 11 is 8.47. The first kappa shape index (κ1) is 13.2. The van der Waals surface area contributed by atoms with Crippen molar-refractivity contribution in [2.75, 3.05) is 5.32 Å².